The van der Waals surface area contributed by atoms with Crippen molar-refractivity contribution >= 4 is 45.9 Å². The SMILES string of the molecule is Clc1ccc(-c2nc(CCc3csc(-c4ccc(Cl)cc4)n3)cs2)cc1. The zero-order chi connectivity index (χ0) is 17.9. The highest BCUT2D eigenvalue weighted by Gasteiger charge is 2.08. The Balaban J connectivity index is 1.42. The molecule has 0 amide bonds. The van der Waals surface area contributed by atoms with Crippen LogP contribution in [0.1, 0.15) is 11.4 Å². The molecule has 0 spiro atoms. The van der Waals surface area contributed by atoms with Crippen LogP contribution in [-0.4, -0.2) is 9.97 Å². The van der Waals surface area contributed by atoms with Crippen LogP contribution < -0.4 is 0 Å². The Kier molecular flexibility index (Phi) is 5.36. The molecule has 130 valence electrons. The van der Waals surface area contributed by atoms with E-state index in [0.29, 0.717) is 0 Å². The zero-order valence-electron chi connectivity index (χ0n) is 13.7. The molecule has 0 atom stereocenters. The molecule has 0 aliphatic carbocycles. The van der Waals surface area contributed by atoms with Crippen molar-refractivity contribution < 1.29 is 0 Å². The van der Waals surface area contributed by atoms with Crippen molar-refractivity contribution in [2.45, 2.75) is 12.8 Å². The third kappa shape index (κ3) is 4.15. The lowest BCUT2D eigenvalue weighted by atomic mass is 10.2. The van der Waals surface area contributed by atoms with Gasteiger partial charge in [0.05, 0.1) is 11.4 Å². The Hall–Kier alpha value is -1.72. The van der Waals surface area contributed by atoms with Crippen molar-refractivity contribution in [3.63, 3.8) is 0 Å². The second kappa shape index (κ2) is 7.89. The van der Waals surface area contributed by atoms with E-state index < -0.39 is 0 Å². The Bertz CT molecular complexity index is 921. The van der Waals surface area contributed by atoms with Crippen LogP contribution in [0.15, 0.2) is 59.3 Å². The summed E-state index contributed by atoms with van der Waals surface area (Å²) in [6.45, 7) is 0. The van der Waals surface area contributed by atoms with Gasteiger partial charge in [0, 0.05) is 31.9 Å². The Morgan fingerprint density at radius 2 is 1.00 bits per heavy atom. The summed E-state index contributed by atoms with van der Waals surface area (Å²) in [5.74, 6) is 0. The van der Waals surface area contributed by atoms with Crippen LogP contribution in [0.25, 0.3) is 21.1 Å². The van der Waals surface area contributed by atoms with Crippen molar-refractivity contribution in [2.24, 2.45) is 0 Å². The molecule has 0 saturated heterocycles. The first-order valence-corrected chi connectivity index (χ1v) is 10.6. The van der Waals surface area contributed by atoms with Crippen LogP contribution in [0.3, 0.4) is 0 Å². The molecule has 0 saturated carbocycles. The lowest BCUT2D eigenvalue weighted by molar-refractivity contribution is 0.900. The number of thiazole rings is 2. The molecule has 0 aliphatic heterocycles. The molecule has 2 aromatic carbocycles. The summed E-state index contributed by atoms with van der Waals surface area (Å²) < 4.78 is 0. The largest absolute Gasteiger partial charge is 0.241 e. The average molecular weight is 417 g/mol. The second-order valence-electron chi connectivity index (χ2n) is 5.80. The summed E-state index contributed by atoms with van der Waals surface area (Å²) in [5, 5.41) is 7.78. The number of hydrogen-bond donors (Lipinski definition) is 0. The average Bonchev–Trinajstić information content (AvgIpc) is 3.31. The summed E-state index contributed by atoms with van der Waals surface area (Å²) in [6, 6.07) is 15.6. The minimum absolute atomic E-state index is 0.741. The van der Waals surface area contributed by atoms with Gasteiger partial charge in [-0.15, -0.1) is 22.7 Å². The fraction of sp³-hybridized carbons (Fsp3) is 0.100. The maximum atomic E-state index is 5.95. The van der Waals surface area contributed by atoms with Crippen molar-refractivity contribution in [1.29, 1.82) is 0 Å². The van der Waals surface area contributed by atoms with Crippen LogP contribution in [0, 0.1) is 0 Å². The number of benzene rings is 2. The van der Waals surface area contributed by atoms with Gasteiger partial charge in [0.1, 0.15) is 10.0 Å². The van der Waals surface area contributed by atoms with Crippen LogP contribution in [0.5, 0.6) is 0 Å². The van der Waals surface area contributed by atoms with Gasteiger partial charge in [0.25, 0.3) is 0 Å². The molecule has 2 aromatic heterocycles. The number of halogens is 2. The maximum Gasteiger partial charge on any atom is 0.123 e. The molecule has 0 N–H and O–H groups in total. The standard InChI is InChI=1S/C20H14Cl2N2S2/c21-15-5-1-13(2-6-15)19-23-17(11-25-19)9-10-18-12-26-20(24-18)14-3-7-16(22)8-4-14/h1-8,11-12H,9-10H2. The van der Waals surface area contributed by atoms with Gasteiger partial charge in [-0.05, 0) is 37.1 Å². The quantitative estimate of drug-likeness (QED) is 0.349. The highest BCUT2D eigenvalue weighted by atomic mass is 35.5. The van der Waals surface area contributed by atoms with Crippen LogP contribution in [-0.2, 0) is 12.8 Å². The first-order chi connectivity index (χ1) is 12.7. The van der Waals surface area contributed by atoms with Gasteiger partial charge in [-0.3, -0.25) is 0 Å². The van der Waals surface area contributed by atoms with Crippen LogP contribution in [0.4, 0.5) is 0 Å². The van der Waals surface area contributed by atoms with Gasteiger partial charge in [-0.1, -0.05) is 47.5 Å². The molecule has 2 nitrogen and oxygen atoms in total. The van der Waals surface area contributed by atoms with E-state index in [1.807, 2.05) is 48.5 Å². The minimum atomic E-state index is 0.741. The number of nitrogens with zero attached hydrogens (tertiary/aromatic N) is 2. The summed E-state index contributed by atoms with van der Waals surface area (Å²) in [7, 11) is 0. The lowest BCUT2D eigenvalue weighted by Gasteiger charge is -1.97. The third-order valence-electron chi connectivity index (χ3n) is 3.92. The van der Waals surface area contributed by atoms with Crippen molar-refractivity contribution in [1.82, 2.24) is 9.97 Å². The van der Waals surface area contributed by atoms with E-state index in [1.54, 1.807) is 22.7 Å². The Morgan fingerprint density at radius 3 is 1.38 bits per heavy atom. The van der Waals surface area contributed by atoms with E-state index in [4.69, 9.17) is 33.2 Å². The molecule has 0 unspecified atom stereocenters. The molecule has 4 rings (SSSR count). The number of aryl methyl sites for hydroxylation is 2. The molecule has 0 bridgehead atoms. The van der Waals surface area contributed by atoms with Gasteiger partial charge < -0.3 is 0 Å². The Morgan fingerprint density at radius 1 is 0.615 bits per heavy atom. The van der Waals surface area contributed by atoms with E-state index in [1.165, 1.54) is 0 Å². The molecule has 0 aliphatic rings. The smallest absolute Gasteiger partial charge is 0.123 e. The van der Waals surface area contributed by atoms with Gasteiger partial charge in [-0.25, -0.2) is 9.97 Å². The second-order valence-corrected chi connectivity index (χ2v) is 8.39. The first kappa shape index (κ1) is 17.7. The topological polar surface area (TPSA) is 25.8 Å². The molecule has 4 aromatic rings. The number of rotatable bonds is 5. The first-order valence-electron chi connectivity index (χ1n) is 8.08. The van der Waals surface area contributed by atoms with Gasteiger partial charge in [0.15, 0.2) is 0 Å². The van der Waals surface area contributed by atoms with Crippen LogP contribution in [0.2, 0.25) is 10.0 Å². The van der Waals surface area contributed by atoms with Crippen molar-refractivity contribution in [3.05, 3.63) is 80.7 Å². The van der Waals surface area contributed by atoms with E-state index in [0.717, 1.165) is 55.4 Å². The van der Waals surface area contributed by atoms with E-state index in [-0.39, 0.29) is 0 Å². The normalized spacial score (nSPS) is 11.0. The molecule has 6 heteroatoms. The number of hydrogen-bond acceptors (Lipinski definition) is 4. The summed E-state index contributed by atoms with van der Waals surface area (Å²) in [4.78, 5) is 9.47. The van der Waals surface area contributed by atoms with Crippen molar-refractivity contribution in [3.8, 4) is 21.1 Å². The minimum Gasteiger partial charge on any atom is -0.241 e. The van der Waals surface area contributed by atoms with Crippen LogP contribution >= 0.6 is 45.9 Å². The fourth-order valence-electron chi connectivity index (χ4n) is 2.55. The van der Waals surface area contributed by atoms with E-state index in [2.05, 4.69) is 10.8 Å². The third-order valence-corrected chi connectivity index (χ3v) is 6.31. The molecule has 26 heavy (non-hydrogen) atoms. The molecular formula is C20H14Cl2N2S2. The van der Waals surface area contributed by atoms with Gasteiger partial charge in [0.2, 0.25) is 0 Å². The maximum absolute atomic E-state index is 5.95. The molecular weight excluding hydrogens is 403 g/mol. The number of aromatic nitrogens is 2. The zero-order valence-corrected chi connectivity index (χ0v) is 16.8. The van der Waals surface area contributed by atoms with Crippen molar-refractivity contribution in [2.75, 3.05) is 0 Å². The monoisotopic (exact) mass is 416 g/mol. The molecule has 0 radical (unpaired) electrons. The predicted molar refractivity (Wildman–Crippen MR) is 113 cm³/mol. The van der Waals surface area contributed by atoms with E-state index >= 15 is 0 Å². The highest BCUT2D eigenvalue weighted by molar-refractivity contribution is 7.13. The lowest BCUT2D eigenvalue weighted by Crippen LogP contribution is -1.92. The Labute approximate surface area is 170 Å². The summed E-state index contributed by atoms with van der Waals surface area (Å²) in [6.07, 6.45) is 1.77. The molecule has 2 heterocycles. The molecule has 0 fully saturated rings. The fourth-order valence-corrected chi connectivity index (χ4v) is 4.52. The van der Waals surface area contributed by atoms with E-state index in [9.17, 15) is 0 Å². The predicted octanol–water partition coefficient (Wildman–Crippen LogP) is 7.03. The summed E-state index contributed by atoms with van der Waals surface area (Å²) in [5.41, 5.74) is 4.40. The van der Waals surface area contributed by atoms with Gasteiger partial charge in [-0.2, -0.15) is 0 Å². The van der Waals surface area contributed by atoms with Gasteiger partial charge >= 0.3 is 0 Å². The highest BCUT2D eigenvalue weighted by Crippen LogP contribution is 2.27. The summed E-state index contributed by atoms with van der Waals surface area (Å²) >= 11 is 15.2.